The molecule has 0 atom stereocenters. The molecule has 130 valence electrons. The number of carbonyl (C=O) groups excluding carboxylic acids is 2. The number of carbonyl (C=O) groups is 3. The number of hydrogen-bond acceptors (Lipinski definition) is 4. The molecule has 1 N–H and O–H groups in total. The number of benzene rings is 1. The summed E-state index contributed by atoms with van der Waals surface area (Å²) >= 11 is 0.923. The summed E-state index contributed by atoms with van der Waals surface area (Å²) in [5, 5.41) is 9.65. The van der Waals surface area contributed by atoms with Crippen molar-refractivity contribution in [1.29, 1.82) is 0 Å². The summed E-state index contributed by atoms with van der Waals surface area (Å²) in [6, 6.07) is 7.40. The number of nitrogens with zero attached hydrogens (tertiary/aromatic N) is 2. The number of thioether (sulfide) groups is 1. The van der Waals surface area contributed by atoms with Crippen LogP contribution in [0.1, 0.15) is 19.4 Å². The van der Waals surface area contributed by atoms with Gasteiger partial charge in [0.1, 0.15) is 6.54 Å². The maximum atomic E-state index is 12.5. The first kappa shape index (κ1) is 17.3. The Kier molecular flexibility index (Phi) is 4.67. The molecule has 1 aliphatic heterocycles. The van der Waals surface area contributed by atoms with Crippen molar-refractivity contribution in [3.8, 4) is 0 Å². The quantitative estimate of drug-likeness (QED) is 0.829. The Labute approximate surface area is 149 Å². The van der Waals surface area contributed by atoms with Gasteiger partial charge in [0.15, 0.2) is 0 Å². The van der Waals surface area contributed by atoms with Gasteiger partial charge >= 0.3 is 5.97 Å². The molecule has 0 unspecified atom stereocenters. The van der Waals surface area contributed by atoms with E-state index >= 15 is 0 Å². The number of aliphatic carboxylic acids is 1. The highest BCUT2D eigenvalue weighted by Gasteiger charge is 2.35. The van der Waals surface area contributed by atoms with E-state index in [0.29, 0.717) is 11.4 Å². The van der Waals surface area contributed by atoms with Gasteiger partial charge in [-0.25, -0.2) is 0 Å². The topological polar surface area (TPSA) is 79.6 Å². The Morgan fingerprint density at radius 1 is 1.28 bits per heavy atom. The van der Waals surface area contributed by atoms with E-state index in [4.69, 9.17) is 5.11 Å². The average Bonchev–Trinajstić information content (AvgIpc) is 3.00. The number of amides is 2. The number of imide groups is 1. The van der Waals surface area contributed by atoms with Crippen LogP contribution < -0.4 is 0 Å². The highest BCUT2D eigenvalue weighted by atomic mass is 32.2. The number of hydrogen-bond donors (Lipinski definition) is 1. The third-order valence-electron chi connectivity index (χ3n) is 3.83. The van der Waals surface area contributed by atoms with Crippen LogP contribution in [0.4, 0.5) is 4.79 Å². The lowest BCUT2D eigenvalue weighted by molar-refractivity contribution is -0.137. The minimum absolute atomic E-state index is 0.164. The lowest BCUT2D eigenvalue weighted by atomic mass is 10.1. The van der Waals surface area contributed by atoms with E-state index in [1.165, 1.54) is 4.90 Å². The lowest BCUT2D eigenvalue weighted by Gasteiger charge is -2.14. The van der Waals surface area contributed by atoms with Gasteiger partial charge in [0, 0.05) is 29.2 Å². The van der Waals surface area contributed by atoms with Gasteiger partial charge in [-0.1, -0.05) is 32.0 Å². The number of carboxylic acids is 1. The summed E-state index contributed by atoms with van der Waals surface area (Å²) in [6.45, 7) is 4.13. The molecule has 0 radical (unpaired) electrons. The van der Waals surface area contributed by atoms with Gasteiger partial charge in [0.05, 0.1) is 4.91 Å². The fraction of sp³-hybridized carbons (Fsp3) is 0.278. The minimum atomic E-state index is -0.940. The fourth-order valence-corrected chi connectivity index (χ4v) is 3.67. The highest BCUT2D eigenvalue weighted by molar-refractivity contribution is 8.18. The van der Waals surface area contributed by atoms with Crippen LogP contribution in [0.15, 0.2) is 35.4 Å². The van der Waals surface area contributed by atoms with Crippen molar-refractivity contribution < 1.29 is 19.5 Å². The zero-order chi connectivity index (χ0) is 18.1. The van der Waals surface area contributed by atoms with Crippen LogP contribution >= 0.6 is 11.8 Å². The molecule has 1 aromatic heterocycles. The van der Waals surface area contributed by atoms with E-state index in [1.807, 2.05) is 38.1 Å². The SMILES string of the molecule is CC(C)CN1C(=O)S/C(=C\c2cn(CC(=O)O)c3ccccc23)C1=O. The summed E-state index contributed by atoms with van der Waals surface area (Å²) in [4.78, 5) is 37.3. The predicted octanol–water partition coefficient (Wildman–Crippen LogP) is 3.42. The van der Waals surface area contributed by atoms with Gasteiger partial charge < -0.3 is 9.67 Å². The molecule has 2 heterocycles. The second-order valence-electron chi connectivity index (χ2n) is 6.31. The number of aromatic nitrogens is 1. The van der Waals surface area contributed by atoms with Crippen molar-refractivity contribution >= 4 is 45.9 Å². The molecule has 0 saturated carbocycles. The summed E-state index contributed by atoms with van der Waals surface area (Å²) in [7, 11) is 0. The van der Waals surface area contributed by atoms with Crippen molar-refractivity contribution in [3.63, 3.8) is 0 Å². The third-order valence-corrected chi connectivity index (χ3v) is 4.74. The summed E-state index contributed by atoms with van der Waals surface area (Å²) < 4.78 is 1.63. The molecule has 0 spiro atoms. The van der Waals surface area contributed by atoms with Crippen molar-refractivity contribution in [3.05, 3.63) is 40.9 Å². The van der Waals surface area contributed by atoms with Crippen molar-refractivity contribution in [2.45, 2.75) is 20.4 Å². The lowest BCUT2D eigenvalue weighted by Crippen LogP contribution is -2.31. The number of fused-ring (bicyclic) bond motifs is 1. The summed E-state index contributed by atoms with van der Waals surface area (Å²) in [5.41, 5.74) is 1.50. The van der Waals surface area contributed by atoms with Gasteiger partial charge in [-0.3, -0.25) is 19.3 Å². The summed E-state index contributed by atoms with van der Waals surface area (Å²) in [6.07, 6.45) is 3.38. The second kappa shape index (κ2) is 6.76. The smallest absolute Gasteiger partial charge is 0.323 e. The van der Waals surface area contributed by atoms with Crippen LogP contribution in [0.3, 0.4) is 0 Å². The third kappa shape index (κ3) is 3.46. The van der Waals surface area contributed by atoms with Gasteiger partial charge in [0.25, 0.3) is 11.1 Å². The Hall–Kier alpha value is -2.54. The normalized spacial score (nSPS) is 16.6. The zero-order valence-electron chi connectivity index (χ0n) is 13.9. The molecule has 1 aromatic carbocycles. The molecular weight excluding hydrogens is 340 g/mol. The van der Waals surface area contributed by atoms with Crippen LogP contribution in [0.5, 0.6) is 0 Å². The van der Waals surface area contributed by atoms with Gasteiger partial charge in [-0.2, -0.15) is 0 Å². The van der Waals surface area contributed by atoms with Crippen molar-refractivity contribution in [2.24, 2.45) is 5.92 Å². The van der Waals surface area contributed by atoms with E-state index in [0.717, 1.165) is 28.2 Å². The first-order chi connectivity index (χ1) is 11.9. The molecule has 3 rings (SSSR count). The molecular formula is C18H18N2O4S. The molecule has 25 heavy (non-hydrogen) atoms. The number of rotatable bonds is 5. The molecule has 1 aliphatic rings. The Balaban J connectivity index is 2.00. The molecule has 0 aliphatic carbocycles. The van der Waals surface area contributed by atoms with Gasteiger partial charge in [-0.05, 0) is 29.8 Å². The van der Waals surface area contributed by atoms with Gasteiger partial charge in [-0.15, -0.1) is 0 Å². The van der Waals surface area contributed by atoms with E-state index < -0.39 is 5.97 Å². The molecule has 0 bridgehead atoms. The van der Waals surface area contributed by atoms with E-state index in [2.05, 4.69) is 0 Å². The van der Waals surface area contributed by atoms with Crippen LogP contribution in [0.25, 0.3) is 17.0 Å². The van der Waals surface area contributed by atoms with E-state index in [9.17, 15) is 14.4 Å². The number of para-hydroxylation sites is 1. The maximum Gasteiger partial charge on any atom is 0.323 e. The van der Waals surface area contributed by atoms with Gasteiger partial charge in [0.2, 0.25) is 0 Å². The van der Waals surface area contributed by atoms with E-state index in [-0.39, 0.29) is 23.6 Å². The van der Waals surface area contributed by atoms with Crippen LogP contribution in [0, 0.1) is 5.92 Å². The largest absolute Gasteiger partial charge is 0.480 e. The molecule has 7 heteroatoms. The molecule has 2 amide bonds. The monoisotopic (exact) mass is 358 g/mol. The Morgan fingerprint density at radius 2 is 2.00 bits per heavy atom. The second-order valence-corrected chi connectivity index (χ2v) is 7.30. The van der Waals surface area contributed by atoms with Crippen LogP contribution in [-0.2, 0) is 16.1 Å². The first-order valence-electron chi connectivity index (χ1n) is 7.92. The van der Waals surface area contributed by atoms with E-state index in [1.54, 1.807) is 16.8 Å². The standard InChI is InChI=1S/C18H18N2O4S/c1-11(2)8-20-17(23)15(25-18(20)24)7-12-9-19(10-16(21)22)14-6-4-3-5-13(12)14/h3-7,9,11H,8,10H2,1-2H3,(H,21,22)/b15-7-. The van der Waals surface area contributed by atoms with Crippen molar-refractivity contribution in [2.75, 3.05) is 6.54 Å². The summed E-state index contributed by atoms with van der Waals surface area (Å²) in [5.74, 6) is -1.03. The predicted molar refractivity (Wildman–Crippen MR) is 97.1 cm³/mol. The molecule has 1 saturated heterocycles. The number of carboxylic acid groups (broad SMARTS) is 1. The average molecular weight is 358 g/mol. The molecule has 1 fully saturated rings. The van der Waals surface area contributed by atoms with Crippen LogP contribution in [0.2, 0.25) is 0 Å². The first-order valence-corrected chi connectivity index (χ1v) is 8.73. The van der Waals surface area contributed by atoms with Crippen LogP contribution in [-0.4, -0.2) is 38.2 Å². The molecule has 2 aromatic rings. The Bertz CT molecular complexity index is 898. The molecule has 6 nitrogen and oxygen atoms in total. The fourth-order valence-electron chi connectivity index (χ4n) is 2.83. The zero-order valence-corrected chi connectivity index (χ0v) is 14.7. The highest BCUT2D eigenvalue weighted by Crippen LogP contribution is 2.34. The Morgan fingerprint density at radius 3 is 2.68 bits per heavy atom. The van der Waals surface area contributed by atoms with Crippen molar-refractivity contribution in [1.82, 2.24) is 9.47 Å². The minimum Gasteiger partial charge on any atom is -0.480 e. The maximum absolute atomic E-state index is 12.5.